The number of phenols is 2. The van der Waals surface area contributed by atoms with Crippen molar-refractivity contribution in [3.8, 4) is 11.5 Å². The zero-order chi connectivity index (χ0) is 12.0. The molecule has 1 aromatic rings. The first-order valence-electron chi connectivity index (χ1n) is 5.03. The molecule has 0 fully saturated rings. The van der Waals surface area contributed by atoms with Crippen molar-refractivity contribution in [2.24, 2.45) is 0 Å². The Morgan fingerprint density at radius 1 is 1.38 bits per heavy atom. The van der Waals surface area contributed by atoms with Crippen LogP contribution < -0.4 is 5.32 Å². The van der Waals surface area contributed by atoms with Gasteiger partial charge in [-0.15, -0.1) is 0 Å². The molecule has 0 atom stereocenters. The van der Waals surface area contributed by atoms with Gasteiger partial charge in [0.15, 0.2) is 0 Å². The average Bonchev–Trinajstić information content (AvgIpc) is 2.24. The van der Waals surface area contributed by atoms with Crippen LogP contribution in [0.15, 0.2) is 18.2 Å². The van der Waals surface area contributed by atoms with Crippen LogP contribution in [0.25, 0.3) is 0 Å². The second kappa shape index (κ2) is 5.97. The summed E-state index contributed by atoms with van der Waals surface area (Å²) in [5, 5.41) is 21.4. The lowest BCUT2D eigenvalue weighted by atomic mass is 10.1. The molecular weight excluding hydrogens is 210 g/mol. The third kappa shape index (κ3) is 3.13. The minimum absolute atomic E-state index is 0.112. The van der Waals surface area contributed by atoms with E-state index in [2.05, 4.69) is 5.32 Å². The van der Waals surface area contributed by atoms with Crippen LogP contribution in [0.5, 0.6) is 11.5 Å². The Bertz CT molecular complexity index is 345. The maximum absolute atomic E-state index is 11.6. The Labute approximate surface area is 93.7 Å². The normalized spacial score (nSPS) is 10.1. The van der Waals surface area contributed by atoms with Crippen LogP contribution >= 0.6 is 0 Å². The van der Waals surface area contributed by atoms with Gasteiger partial charge in [-0.2, -0.15) is 0 Å². The topological polar surface area (TPSA) is 78.8 Å². The van der Waals surface area contributed by atoms with Gasteiger partial charge >= 0.3 is 0 Å². The number of phenolic OH excluding ortho intramolecular Hbond substituents is 2. The molecule has 0 saturated carbocycles. The van der Waals surface area contributed by atoms with Crippen molar-refractivity contribution in [1.29, 1.82) is 0 Å². The Kier molecular flexibility index (Phi) is 4.60. The van der Waals surface area contributed by atoms with Gasteiger partial charge in [-0.05, 0) is 19.1 Å². The number of amides is 1. The van der Waals surface area contributed by atoms with Gasteiger partial charge in [0.1, 0.15) is 17.1 Å². The minimum atomic E-state index is -0.518. The Morgan fingerprint density at radius 3 is 2.56 bits per heavy atom. The predicted molar refractivity (Wildman–Crippen MR) is 58.6 cm³/mol. The van der Waals surface area contributed by atoms with Crippen molar-refractivity contribution in [2.45, 2.75) is 6.92 Å². The van der Waals surface area contributed by atoms with E-state index in [1.54, 1.807) is 0 Å². The molecule has 0 aliphatic heterocycles. The maximum atomic E-state index is 11.6. The van der Waals surface area contributed by atoms with Gasteiger partial charge in [0, 0.05) is 13.2 Å². The van der Waals surface area contributed by atoms with E-state index in [1.165, 1.54) is 18.2 Å². The number of nitrogens with one attached hydrogen (secondary N) is 1. The molecule has 3 N–H and O–H groups in total. The van der Waals surface area contributed by atoms with E-state index in [1.807, 2.05) is 6.92 Å². The molecule has 5 heteroatoms. The molecule has 1 aromatic carbocycles. The van der Waals surface area contributed by atoms with Crippen LogP contribution in [0, 0.1) is 0 Å². The van der Waals surface area contributed by atoms with Crippen molar-refractivity contribution in [2.75, 3.05) is 19.8 Å². The summed E-state index contributed by atoms with van der Waals surface area (Å²) in [6, 6.07) is 4.15. The van der Waals surface area contributed by atoms with Crippen molar-refractivity contribution in [1.82, 2.24) is 5.32 Å². The molecule has 0 aromatic heterocycles. The summed E-state index contributed by atoms with van der Waals surface area (Å²) in [4.78, 5) is 11.6. The second-order valence-electron chi connectivity index (χ2n) is 3.12. The first kappa shape index (κ1) is 12.3. The molecule has 0 bridgehead atoms. The number of aromatic hydroxyl groups is 2. The lowest BCUT2D eigenvalue weighted by Gasteiger charge is -2.08. The molecule has 0 aliphatic rings. The van der Waals surface area contributed by atoms with E-state index in [9.17, 15) is 15.0 Å². The van der Waals surface area contributed by atoms with E-state index in [0.717, 1.165) is 0 Å². The molecule has 1 rings (SSSR count). The van der Waals surface area contributed by atoms with Crippen LogP contribution in [0.4, 0.5) is 0 Å². The third-order valence-corrected chi connectivity index (χ3v) is 1.98. The summed E-state index contributed by atoms with van der Waals surface area (Å²) in [5.41, 5.74) is -0.112. The molecule has 0 heterocycles. The van der Waals surface area contributed by atoms with Crippen molar-refractivity contribution in [3.05, 3.63) is 23.8 Å². The summed E-state index contributed by atoms with van der Waals surface area (Å²) in [6.45, 7) is 3.17. The molecule has 16 heavy (non-hydrogen) atoms. The number of carbonyl (C=O) groups excluding carboxylic acids is 1. The van der Waals surface area contributed by atoms with Gasteiger partial charge in [-0.25, -0.2) is 0 Å². The van der Waals surface area contributed by atoms with E-state index in [4.69, 9.17) is 4.74 Å². The van der Waals surface area contributed by atoms with Crippen LogP contribution in [0.2, 0.25) is 0 Å². The minimum Gasteiger partial charge on any atom is -0.507 e. The molecule has 5 nitrogen and oxygen atoms in total. The average molecular weight is 225 g/mol. The van der Waals surface area contributed by atoms with E-state index in [-0.39, 0.29) is 17.1 Å². The Balaban J connectivity index is 2.59. The smallest absolute Gasteiger partial charge is 0.258 e. The van der Waals surface area contributed by atoms with Crippen LogP contribution in [0.1, 0.15) is 17.3 Å². The summed E-state index contributed by atoms with van der Waals surface area (Å²) in [6.07, 6.45) is 0. The quantitative estimate of drug-likeness (QED) is 0.649. The fourth-order valence-electron chi connectivity index (χ4n) is 1.23. The van der Waals surface area contributed by atoms with E-state index in [0.29, 0.717) is 19.8 Å². The fraction of sp³-hybridized carbons (Fsp3) is 0.364. The maximum Gasteiger partial charge on any atom is 0.258 e. The largest absolute Gasteiger partial charge is 0.507 e. The predicted octanol–water partition coefficient (Wildman–Crippen LogP) is 0.864. The summed E-state index contributed by atoms with van der Waals surface area (Å²) in [5.74, 6) is -1.00. The zero-order valence-electron chi connectivity index (χ0n) is 9.06. The highest BCUT2D eigenvalue weighted by Crippen LogP contribution is 2.25. The molecular formula is C11H15NO4. The van der Waals surface area contributed by atoms with Crippen LogP contribution in [-0.2, 0) is 4.74 Å². The molecule has 0 unspecified atom stereocenters. The molecule has 0 spiro atoms. The van der Waals surface area contributed by atoms with Gasteiger partial charge in [0.05, 0.1) is 6.61 Å². The van der Waals surface area contributed by atoms with Gasteiger partial charge in [-0.1, -0.05) is 6.07 Å². The number of ether oxygens (including phenoxy) is 1. The van der Waals surface area contributed by atoms with Crippen molar-refractivity contribution >= 4 is 5.91 Å². The summed E-state index contributed by atoms with van der Waals surface area (Å²) < 4.78 is 5.04. The second-order valence-corrected chi connectivity index (χ2v) is 3.12. The number of benzene rings is 1. The standard InChI is InChI=1S/C11H15NO4/c1-2-16-7-6-12-11(15)10-8(13)4-3-5-9(10)14/h3-5,13-14H,2,6-7H2,1H3,(H,12,15). The fourth-order valence-corrected chi connectivity index (χ4v) is 1.23. The lowest BCUT2D eigenvalue weighted by Crippen LogP contribution is -2.27. The van der Waals surface area contributed by atoms with Crippen molar-refractivity contribution < 1.29 is 19.7 Å². The molecule has 0 saturated heterocycles. The highest BCUT2D eigenvalue weighted by Gasteiger charge is 2.14. The van der Waals surface area contributed by atoms with Crippen molar-refractivity contribution in [3.63, 3.8) is 0 Å². The first-order valence-corrected chi connectivity index (χ1v) is 5.03. The number of hydrogen-bond acceptors (Lipinski definition) is 4. The molecule has 0 aliphatic carbocycles. The Morgan fingerprint density at radius 2 is 2.00 bits per heavy atom. The van der Waals surface area contributed by atoms with Gasteiger partial charge in [0.25, 0.3) is 5.91 Å². The molecule has 88 valence electrons. The third-order valence-electron chi connectivity index (χ3n) is 1.98. The molecule has 0 radical (unpaired) electrons. The Hall–Kier alpha value is -1.75. The van der Waals surface area contributed by atoms with Gasteiger partial charge < -0.3 is 20.3 Å². The summed E-state index contributed by atoms with van der Waals surface area (Å²) in [7, 11) is 0. The van der Waals surface area contributed by atoms with Crippen LogP contribution in [0.3, 0.4) is 0 Å². The summed E-state index contributed by atoms with van der Waals surface area (Å²) >= 11 is 0. The highest BCUT2D eigenvalue weighted by molar-refractivity contribution is 5.99. The highest BCUT2D eigenvalue weighted by atomic mass is 16.5. The first-order chi connectivity index (χ1) is 7.66. The monoisotopic (exact) mass is 225 g/mol. The number of carbonyl (C=O) groups is 1. The lowest BCUT2D eigenvalue weighted by molar-refractivity contribution is 0.0917. The van der Waals surface area contributed by atoms with E-state index < -0.39 is 5.91 Å². The SMILES string of the molecule is CCOCCNC(=O)c1c(O)cccc1O. The van der Waals surface area contributed by atoms with Gasteiger partial charge in [0.2, 0.25) is 0 Å². The zero-order valence-corrected chi connectivity index (χ0v) is 9.06. The van der Waals surface area contributed by atoms with E-state index >= 15 is 0 Å². The number of rotatable bonds is 5. The number of hydrogen-bond donors (Lipinski definition) is 3. The van der Waals surface area contributed by atoms with Gasteiger partial charge in [-0.3, -0.25) is 4.79 Å². The van der Waals surface area contributed by atoms with Crippen LogP contribution in [-0.4, -0.2) is 35.9 Å². The molecule has 1 amide bonds.